The number of rotatable bonds is 0. The Balaban J connectivity index is 2.03. The summed E-state index contributed by atoms with van der Waals surface area (Å²) in [5, 5.41) is 30.3. The summed E-state index contributed by atoms with van der Waals surface area (Å²) in [5.41, 5.74) is -1.38. The third-order valence-corrected chi connectivity index (χ3v) is 4.91. The van der Waals surface area contributed by atoms with Gasteiger partial charge >= 0.3 is 0 Å². The van der Waals surface area contributed by atoms with E-state index in [9.17, 15) is 29.7 Å². The molecular weight excluding hydrogens is 324 g/mol. The number of aliphatic hydroxyl groups excluding tert-OH is 1. The van der Waals surface area contributed by atoms with Crippen LogP contribution in [0.2, 0.25) is 0 Å². The first-order valence-corrected chi connectivity index (χ1v) is 7.76. The number of aromatic hydroxyl groups is 1. The number of fused-ring (bicyclic) bond motifs is 4. The highest BCUT2D eigenvalue weighted by Gasteiger charge is 2.46. The Labute approximate surface area is 142 Å². The second-order valence-corrected chi connectivity index (χ2v) is 6.68. The summed E-state index contributed by atoms with van der Waals surface area (Å²) >= 11 is 0. The molecule has 2 aromatic rings. The molecule has 0 aromatic heterocycles. The normalized spacial score (nSPS) is 24.6. The topological polar surface area (TPSA) is 112 Å². The molecule has 2 atom stereocenters. The fourth-order valence-corrected chi connectivity index (χ4v) is 3.64. The van der Waals surface area contributed by atoms with Gasteiger partial charge in [0.05, 0.1) is 11.2 Å². The second-order valence-electron chi connectivity index (χ2n) is 6.68. The summed E-state index contributed by atoms with van der Waals surface area (Å²) in [5.74, 6) is -2.19. The van der Waals surface area contributed by atoms with Gasteiger partial charge in [-0.15, -0.1) is 0 Å². The maximum absolute atomic E-state index is 12.9. The lowest BCUT2D eigenvalue weighted by atomic mass is 9.72. The molecule has 0 bridgehead atoms. The Morgan fingerprint density at radius 2 is 1.60 bits per heavy atom. The highest BCUT2D eigenvalue weighted by atomic mass is 16.3. The van der Waals surface area contributed by atoms with E-state index in [0.29, 0.717) is 5.56 Å². The SMILES string of the molecule is C[C@@]1(O)Cc2ccc3c(c2C(=O)[C@@H]1O)C(=O)c1cccc(O)c1C3=O. The zero-order valence-electron chi connectivity index (χ0n) is 13.2. The zero-order chi connectivity index (χ0) is 18.1. The van der Waals surface area contributed by atoms with Crippen LogP contribution in [0.1, 0.15) is 54.7 Å². The molecule has 0 aliphatic heterocycles. The van der Waals surface area contributed by atoms with Crippen LogP contribution in [-0.4, -0.2) is 44.4 Å². The molecule has 126 valence electrons. The van der Waals surface area contributed by atoms with E-state index in [2.05, 4.69) is 0 Å². The molecule has 0 amide bonds. The lowest BCUT2D eigenvalue weighted by molar-refractivity contribution is -0.0488. The molecule has 0 radical (unpaired) electrons. The number of hydrogen-bond acceptors (Lipinski definition) is 6. The van der Waals surface area contributed by atoms with Gasteiger partial charge in [-0.1, -0.05) is 18.2 Å². The first-order chi connectivity index (χ1) is 11.7. The van der Waals surface area contributed by atoms with Crippen LogP contribution in [0.3, 0.4) is 0 Å². The molecule has 0 spiro atoms. The van der Waals surface area contributed by atoms with Crippen LogP contribution < -0.4 is 0 Å². The van der Waals surface area contributed by atoms with E-state index in [0.717, 1.165) is 0 Å². The Hall–Kier alpha value is -2.83. The molecule has 2 aromatic carbocycles. The highest BCUT2D eigenvalue weighted by molar-refractivity contribution is 6.32. The summed E-state index contributed by atoms with van der Waals surface area (Å²) in [4.78, 5) is 38.3. The molecule has 0 unspecified atom stereocenters. The van der Waals surface area contributed by atoms with Gasteiger partial charge in [0.1, 0.15) is 11.9 Å². The van der Waals surface area contributed by atoms with Crippen molar-refractivity contribution in [1.82, 2.24) is 0 Å². The van der Waals surface area contributed by atoms with E-state index in [1.54, 1.807) is 0 Å². The van der Waals surface area contributed by atoms with Crippen LogP contribution in [0.4, 0.5) is 0 Å². The molecule has 0 heterocycles. The van der Waals surface area contributed by atoms with Gasteiger partial charge in [0, 0.05) is 28.7 Å². The van der Waals surface area contributed by atoms with Gasteiger partial charge in [-0.2, -0.15) is 0 Å². The van der Waals surface area contributed by atoms with Crippen LogP contribution in [-0.2, 0) is 6.42 Å². The van der Waals surface area contributed by atoms with Crippen molar-refractivity contribution in [2.75, 3.05) is 0 Å². The highest BCUT2D eigenvalue weighted by Crippen LogP contribution is 2.38. The van der Waals surface area contributed by atoms with Crippen LogP contribution >= 0.6 is 0 Å². The predicted molar refractivity (Wildman–Crippen MR) is 86.1 cm³/mol. The molecule has 0 saturated carbocycles. The fraction of sp³-hybridized carbons (Fsp3) is 0.211. The molecule has 4 rings (SSSR count). The van der Waals surface area contributed by atoms with Crippen molar-refractivity contribution in [1.29, 1.82) is 0 Å². The van der Waals surface area contributed by atoms with Crippen molar-refractivity contribution in [2.24, 2.45) is 0 Å². The third-order valence-electron chi connectivity index (χ3n) is 4.91. The Morgan fingerprint density at radius 3 is 2.32 bits per heavy atom. The van der Waals surface area contributed by atoms with Crippen molar-refractivity contribution in [3.05, 3.63) is 63.7 Å². The Kier molecular flexibility index (Phi) is 3.04. The zero-order valence-corrected chi connectivity index (χ0v) is 13.2. The van der Waals surface area contributed by atoms with Gasteiger partial charge in [-0.3, -0.25) is 14.4 Å². The van der Waals surface area contributed by atoms with E-state index in [1.165, 1.54) is 37.3 Å². The minimum absolute atomic E-state index is 0.0137. The van der Waals surface area contributed by atoms with E-state index in [1.807, 2.05) is 0 Å². The molecular formula is C19H14O6. The molecule has 6 nitrogen and oxygen atoms in total. The molecule has 2 aliphatic rings. The first-order valence-electron chi connectivity index (χ1n) is 7.76. The van der Waals surface area contributed by atoms with E-state index in [-0.39, 0.29) is 40.0 Å². The van der Waals surface area contributed by atoms with Crippen molar-refractivity contribution in [3.63, 3.8) is 0 Å². The van der Waals surface area contributed by atoms with E-state index < -0.39 is 29.1 Å². The number of Topliss-reactive ketones (excluding diaryl/α,β-unsaturated/α-hetero) is 1. The minimum atomic E-state index is -1.68. The largest absolute Gasteiger partial charge is 0.507 e. The summed E-state index contributed by atoms with van der Waals surface area (Å²) < 4.78 is 0. The second kappa shape index (κ2) is 4.84. The maximum atomic E-state index is 12.9. The number of carbonyl (C=O) groups is 3. The van der Waals surface area contributed by atoms with Crippen molar-refractivity contribution < 1.29 is 29.7 Å². The summed E-state index contributed by atoms with van der Waals surface area (Å²) in [7, 11) is 0. The summed E-state index contributed by atoms with van der Waals surface area (Å²) in [6.45, 7) is 1.35. The van der Waals surface area contributed by atoms with Gasteiger partial charge in [0.2, 0.25) is 0 Å². The minimum Gasteiger partial charge on any atom is -0.507 e. The number of hydrogen-bond donors (Lipinski definition) is 3. The lowest BCUT2D eigenvalue weighted by Gasteiger charge is -2.35. The molecule has 2 aliphatic carbocycles. The van der Waals surface area contributed by atoms with Crippen molar-refractivity contribution in [3.8, 4) is 5.75 Å². The van der Waals surface area contributed by atoms with Gasteiger partial charge in [0.15, 0.2) is 17.3 Å². The van der Waals surface area contributed by atoms with Crippen molar-refractivity contribution >= 4 is 17.3 Å². The molecule has 6 heteroatoms. The number of phenolic OH excluding ortho intramolecular Hbond substituents is 1. The molecule has 0 saturated heterocycles. The standard InChI is InChI=1S/C19H14O6/c1-19(25)7-8-5-6-10-14(12(8)17(23)18(19)24)16(22)9-3-2-4-11(20)13(9)15(10)21/h2-6,18,20,24-25H,7H2,1H3/t18-,19+/m0/s1. The van der Waals surface area contributed by atoms with Crippen LogP contribution in [0.5, 0.6) is 5.75 Å². The monoisotopic (exact) mass is 338 g/mol. The first kappa shape index (κ1) is 15.7. The Morgan fingerprint density at radius 1 is 0.960 bits per heavy atom. The number of ketones is 3. The fourth-order valence-electron chi connectivity index (χ4n) is 3.64. The van der Waals surface area contributed by atoms with Gasteiger partial charge < -0.3 is 15.3 Å². The van der Waals surface area contributed by atoms with Gasteiger partial charge in [-0.05, 0) is 24.6 Å². The predicted octanol–water partition coefficient (Wildman–Crippen LogP) is 1.02. The lowest BCUT2D eigenvalue weighted by Crippen LogP contribution is -2.50. The van der Waals surface area contributed by atoms with E-state index >= 15 is 0 Å². The third kappa shape index (κ3) is 1.95. The maximum Gasteiger partial charge on any atom is 0.198 e. The van der Waals surface area contributed by atoms with Crippen LogP contribution in [0.25, 0.3) is 0 Å². The van der Waals surface area contributed by atoms with Crippen LogP contribution in [0, 0.1) is 0 Å². The van der Waals surface area contributed by atoms with Crippen LogP contribution in [0.15, 0.2) is 30.3 Å². The Bertz CT molecular complexity index is 986. The molecule has 0 fully saturated rings. The van der Waals surface area contributed by atoms with Gasteiger partial charge in [0.25, 0.3) is 0 Å². The quantitative estimate of drug-likeness (QED) is 0.564. The summed E-state index contributed by atoms with van der Waals surface area (Å²) in [6, 6.07) is 7.10. The van der Waals surface area contributed by atoms with Gasteiger partial charge in [-0.25, -0.2) is 0 Å². The summed E-state index contributed by atoms with van der Waals surface area (Å²) in [6.07, 6.45) is -1.70. The average molecular weight is 338 g/mol. The number of benzene rings is 2. The molecule has 3 N–H and O–H groups in total. The van der Waals surface area contributed by atoms with E-state index in [4.69, 9.17) is 0 Å². The average Bonchev–Trinajstić information content (AvgIpc) is 2.56. The number of aliphatic hydroxyl groups is 2. The smallest absolute Gasteiger partial charge is 0.198 e. The number of phenols is 1. The van der Waals surface area contributed by atoms with Crippen molar-refractivity contribution in [2.45, 2.75) is 25.0 Å². The number of carbonyl (C=O) groups excluding carboxylic acids is 3. The molecule has 25 heavy (non-hydrogen) atoms.